The number of aliphatic hydroxyl groups is 1. The summed E-state index contributed by atoms with van der Waals surface area (Å²) in [5.74, 6) is -6.55. The average molecular weight is 331 g/mol. The fourth-order valence-corrected chi connectivity index (χ4v) is 0.703. The molecule has 0 spiro atoms. The van der Waals surface area contributed by atoms with Gasteiger partial charge in [0.1, 0.15) is 0 Å². The molecule has 0 aromatic carbocycles. The molecule has 0 radical (unpaired) electrons. The number of hydrogen-bond donors (Lipinski definition) is 4. The fourth-order valence-electron chi connectivity index (χ4n) is 0.703. The summed E-state index contributed by atoms with van der Waals surface area (Å²) in [4.78, 5) is 39.5. The van der Waals surface area contributed by atoms with Gasteiger partial charge in [-0.2, -0.15) is 0 Å². The molecule has 0 aromatic heterocycles. The van der Waals surface area contributed by atoms with Crippen molar-refractivity contribution in [2.75, 3.05) is 6.54 Å². The van der Waals surface area contributed by atoms with Crippen LogP contribution in [0.1, 0.15) is 12.8 Å². The first kappa shape index (κ1) is 22.6. The molecule has 0 amide bonds. The first-order valence-electron chi connectivity index (χ1n) is 4.32. The van der Waals surface area contributed by atoms with Crippen molar-refractivity contribution in [3.63, 3.8) is 0 Å². The van der Waals surface area contributed by atoms with E-state index in [4.69, 9.17) is 25.2 Å². The predicted octanol–water partition coefficient (Wildman–Crippen LogP) is -4.89. The quantitative estimate of drug-likeness (QED) is 0.342. The molecule has 5 N–H and O–H groups in total. The normalized spacial score (nSPS) is 11.9. The molecular formula is C8H11NO9Zn. The maximum absolute atomic E-state index is 10.3. The molecule has 0 fully saturated rings. The molecular weight excluding hydrogens is 319 g/mol. The third-order valence-corrected chi connectivity index (χ3v) is 1.45. The van der Waals surface area contributed by atoms with E-state index in [-0.39, 0.29) is 26.0 Å². The largest absolute Gasteiger partial charge is 2.00 e. The van der Waals surface area contributed by atoms with Crippen molar-refractivity contribution < 1.29 is 64.2 Å². The van der Waals surface area contributed by atoms with Crippen LogP contribution < -0.4 is 15.9 Å². The molecule has 0 rings (SSSR count). The van der Waals surface area contributed by atoms with E-state index in [1.165, 1.54) is 0 Å². The number of carboxylic acids is 4. The summed E-state index contributed by atoms with van der Waals surface area (Å²) in [5, 5.41) is 44.6. The summed E-state index contributed by atoms with van der Waals surface area (Å²) >= 11 is 0. The van der Waals surface area contributed by atoms with Gasteiger partial charge in [-0.15, -0.1) is 0 Å². The van der Waals surface area contributed by atoms with Gasteiger partial charge < -0.3 is 40.9 Å². The molecule has 1 unspecified atom stereocenters. The Morgan fingerprint density at radius 2 is 1.37 bits per heavy atom. The molecule has 19 heavy (non-hydrogen) atoms. The molecule has 0 saturated heterocycles. The Balaban J connectivity index is -0.000000366. The molecule has 1 atom stereocenters. The predicted molar refractivity (Wildman–Crippen MR) is 48.5 cm³/mol. The summed E-state index contributed by atoms with van der Waals surface area (Å²) in [6.07, 6.45) is -2.44. The van der Waals surface area contributed by atoms with Gasteiger partial charge in [-0.3, -0.25) is 4.79 Å². The van der Waals surface area contributed by atoms with Gasteiger partial charge in [0.05, 0.1) is 12.4 Å². The molecule has 0 aliphatic heterocycles. The monoisotopic (exact) mass is 329 g/mol. The van der Waals surface area contributed by atoms with Crippen molar-refractivity contribution >= 4 is 23.9 Å². The molecule has 10 nitrogen and oxygen atoms in total. The van der Waals surface area contributed by atoms with Crippen LogP contribution in [0.4, 0.5) is 0 Å². The van der Waals surface area contributed by atoms with Gasteiger partial charge in [-0.05, 0) is 0 Å². The third-order valence-electron chi connectivity index (χ3n) is 1.45. The Bertz CT molecular complexity index is 327. The van der Waals surface area contributed by atoms with Crippen molar-refractivity contribution in [3.05, 3.63) is 0 Å². The number of aliphatic carboxylic acids is 4. The van der Waals surface area contributed by atoms with Gasteiger partial charge in [0, 0.05) is 18.9 Å². The minimum absolute atomic E-state index is 0. The molecule has 104 valence electrons. The van der Waals surface area contributed by atoms with Crippen LogP contribution in [0.25, 0.3) is 0 Å². The number of hydrogen-bond acceptors (Lipinski definition) is 8. The van der Waals surface area contributed by atoms with Gasteiger partial charge in [-0.25, -0.2) is 4.79 Å². The van der Waals surface area contributed by atoms with Crippen LogP contribution in [0.5, 0.6) is 0 Å². The van der Waals surface area contributed by atoms with Crippen LogP contribution in [0, 0.1) is 0 Å². The third kappa shape index (κ3) is 12.7. The summed E-state index contributed by atoms with van der Waals surface area (Å²) in [5.41, 5.74) is 1.71. The van der Waals surface area contributed by atoms with E-state index in [1.54, 1.807) is 0 Å². The van der Waals surface area contributed by atoms with E-state index >= 15 is 0 Å². The molecule has 0 aliphatic carbocycles. The number of carbonyl (C=O) groups excluding carboxylic acids is 2. The Morgan fingerprint density at radius 1 is 1.00 bits per heavy atom. The van der Waals surface area contributed by atoms with Gasteiger partial charge in [-0.1, -0.05) is 0 Å². The second kappa shape index (κ2) is 10.4. The number of carboxylic acid groups (broad SMARTS) is 4. The summed E-state index contributed by atoms with van der Waals surface area (Å²) < 4.78 is 0. The first-order chi connectivity index (χ1) is 8.05. The minimum atomic E-state index is -2.80. The summed E-state index contributed by atoms with van der Waals surface area (Å²) in [6, 6.07) is 0. The molecule has 0 bridgehead atoms. The maximum atomic E-state index is 10.3. The van der Waals surface area contributed by atoms with E-state index in [1.807, 2.05) is 0 Å². The Hall–Kier alpha value is -1.58. The summed E-state index contributed by atoms with van der Waals surface area (Å²) in [6.45, 7) is -0.389. The van der Waals surface area contributed by atoms with Crippen LogP contribution in [0.2, 0.25) is 0 Å². The van der Waals surface area contributed by atoms with Crippen molar-refractivity contribution in [1.29, 1.82) is 0 Å². The second-order valence-corrected chi connectivity index (χ2v) is 3.03. The Kier molecular flexibility index (Phi) is 12.3. The molecule has 11 heteroatoms. The van der Waals surface area contributed by atoms with E-state index in [0.717, 1.165) is 0 Å². The topological polar surface area (TPSA) is 201 Å². The standard InChI is InChI=1S/C6H8O7.C2H5NO2.Zn/c7-3(8)1-6(13,5(11)12)2-4(9)10;3-1-2(4)5;/h13H,1-2H2,(H,7,8)(H,9,10)(H,11,12);1,3H2,(H,4,5);/q;;+2/p-2. The number of carbonyl (C=O) groups is 4. The van der Waals surface area contributed by atoms with Gasteiger partial charge >= 0.3 is 31.4 Å². The fraction of sp³-hybridized carbons (Fsp3) is 0.500. The van der Waals surface area contributed by atoms with E-state index < -0.39 is 42.3 Å². The van der Waals surface area contributed by atoms with Gasteiger partial charge in [0.2, 0.25) is 0 Å². The zero-order valence-electron chi connectivity index (χ0n) is 9.70. The zero-order valence-corrected chi connectivity index (χ0v) is 12.7. The number of rotatable bonds is 6. The van der Waals surface area contributed by atoms with Crippen molar-refractivity contribution in [2.24, 2.45) is 5.73 Å². The van der Waals surface area contributed by atoms with Crippen molar-refractivity contribution in [3.8, 4) is 0 Å². The number of nitrogens with two attached hydrogens (primary N) is 1. The Morgan fingerprint density at radius 3 is 1.53 bits per heavy atom. The van der Waals surface area contributed by atoms with E-state index in [2.05, 4.69) is 5.73 Å². The van der Waals surface area contributed by atoms with Crippen LogP contribution in [-0.2, 0) is 38.7 Å². The summed E-state index contributed by atoms with van der Waals surface area (Å²) in [7, 11) is 0. The van der Waals surface area contributed by atoms with Crippen LogP contribution in [-0.4, -0.2) is 51.3 Å². The molecule has 0 aliphatic rings. The van der Waals surface area contributed by atoms with Crippen molar-refractivity contribution in [1.82, 2.24) is 0 Å². The van der Waals surface area contributed by atoms with Crippen LogP contribution in [0.3, 0.4) is 0 Å². The minimum Gasteiger partial charge on any atom is -0.550 e. The second-order valence-electron chi connectivity index (χ2n) is 3.03. The van der Waals surface area contributed by atoms with E-state index in [9.17, 15) is 19.5 Å². The molecule has 0 aromatic rings. The molecule has 0 saturated carbocycles. The zero-order chi connectivity index (χ0) is 14.9. The average Bonchev–Trinajstić information content (AvgIpc) is 2.15. The molecule has 0 heterocycles. The van der Waals surface area contributed by atoms with Gasteiger partial charge in [0.25, 0.3) is 0 Å². The van der Waals surface area contributed by atoms with Crippen LogP contribution >= 0.6 is 0 Å². The van der Waals surface area contributed by atoms with E-state index in [0.29, 0.717) is 0 Å². The Labute approximate surface area is 119 Å². The SMILES string of the molecule is NCC(=O)[O-].O=C([O-])CC(O)(CC(=O)O)C(=O)O.[Zn+2]. The van der Waals surface area contributed by atoms with Crippen molar-refractivity contribution in [2.45, 2.75) is 18.4 Å². The first-order valence-corrected chi connectivity index (χ1v) is 4.32. The van der Waals surface area contributed by atoms with Gasteiger partial charge in [0.15, 0.2) is 5.60 Å². The van der Waals surface area contributed by atoms with Crippen LogP contribution in [0.15, 0.2) is 0 Å². The maximum Gasteiger partial charge on any atom is 2.00 e. The smallest absolute Gasteiger partial charge is 0.550 e.